The second-order valence-electron chi connectivity index (χ2n) is 8.23. The van der Waals surface area contributed by atoms with E-state index in [0.717, 1.165) is 19.6 Å². The van der Waals surface area contributed by atoms with Crippen molar-refractivity contribution in [2.45, 2.75) is 37.9 Å². The Morgan fingerprint density at radius 2 is 1.96 bits per heavy atom. The van der Waals surface area contributed by atoms with E-state index in [2.05, 4.69) is 69.6 Å². The van der Waals surface area contributed by atoms with Crippen molar-refractivity contribution in [2.75, 3.05) is 33.2 Å². The van der Waals surface area contributed by atoms with E-state index >= 15 is 0 Å². The Morgan fingerprint density at radius 3 is 2.78 bits per heavy atom. The summed E-state index contributed by atoms with van der Waals surface area (Å²) in [5.74, 6) is 0.670. The lowest BCUT2D eigenvalue weighted by Gasteiger charge is -2.34. The summed E-state index contributed by atoms with van der Waals surface area (Å²) in [7, 11) is 2.25. The minimum Gasteiger partial charge on any atom is -0.312 e. The van der Waals surface area contributed by atoms with Gasteiger partial charge in [0.15, 0.2) is 0 Å². The van der Waals surface area contributed by atoms with Gasteiger partial charge in [0.25, 0.3) is 0 Å². The lowest BCUT2D eigenvalue weighted by Crippen LogP contribution is -2.46. The summed E-state index contributed by atoms with van der Waals surface area (Å²) in [6.45, 7) is 5.74. The number of benzene rings is 1. The van der Waals surface area contributed by atoms with Crippen molar-refractivity contribution in [1.29, 1.82) is 0 Å². The second-order valence-corrected chi connectivity index (χ2v) is 8.23. The fourth-order valence-corrected chi connectivity index (χ4v) is 4.84. The quantitative estimate of drug-likeness (QED) is 0.852. The topological polar surface area (TPSA) is 31.4 Å². The molecule has 0 spiro atoms. The summed E-state index contributed by atoms with van der Waals surface area (Å²) in [6, 6.07) is 16.3. The van der Waals surface area contributed by atoms with Gasteiger partial charge in [0.2, 0.25) is 0 Å². The van der Waals surface area contributed by atoms with Gasteiger partial charge < -0.3 is 5.32 Å². The zero-order valence-corrected chi connectivity index (χ0v) is 16.4. The maximum atomic E-state index is 4.34. The van der Waals surface area contributed by atoms with Gasteiger partial charge in [0, 0.05) is 44.1 Å². The monoisotopic (exact) mass is 364 g/mol. The number of hydrogen-bond acceptors (Lipinski definition) is 4. The van der Waals surface area contributed by atoms with Crippen LogP contribution in [0.4, 0.5) is 0 Å². The first kappa shape index (κ1) is 18.6. The van der Waals surface area contributed by atoms with Gasteiger partial charge in [-0.25, -0.2) is 0 Å². The van der Waals surface area contributed by atoms with E-state index in [1.807, 2.05) is 12.4 Å². The third-order valence-electron chi connectivity index (χ3n) is 6.22. The van der Waals surface area contributed by atoms with Crippen LogP contribution in [0.5, 0.6) is 0 Å². The molecule has 0 bridgehead atoms. The fourth-order valence-electron chi connectivity index (χ4n) is 4.84. The van der Waals surface area contributed by atoms with Crippen LogP contribution in [-0.4, -0.2) is 54.1 Å². The lowest BCUT2D eigenvalue weighted by atomic mass is 9.94. The van der Waals surface area contributed by atoms with Crippen LogP contribution >= 0.6 is 0 Å². The summed E-state index contributed by atoms with van der Waals surface area (Å²) in [5.41, 5.74) is 2.78. The standard InChI is InChI=1S/C23H32N4/c1-26-14-11-21(23(26)20-9-5-12-24-15-20)16-25-22-10-6-13-27(18-22)17-19-7-3-2-4-8-19/h2-5,7-9,12,15,21-23,25H,6,10-11,13-14,16-18H2,1H3/t21-,22-,23-/m0/s1. The van der Waals surface area contributed by atoms with Crippen molar-refractivity contribution >= 4 is 0 Å². The zero-order chi connectivity index (χ0) is 18.5. The highest BCUT2D eigenvalue weighted by Gasteiger charge is 2.33. The molecule has 0 unspecified atom stereocenters. The number of pyridine rings is 1. The minimum absolute atomic E-state index is 0.496. The zero-order valence-electron chi connectivity index (χ0n) is 16.4. The molecule has 1 N–H and O–H groups in total. The van der Waals surface area contributed by atoms with Gasteiger partial charge in [0.05, 0.1) is 0 Å². The predicted octanol–water partition coefficient (Wildman–Crippen LogP) is 3.33. The van der Waals surface area contributed by atoms with E-state index in [0.29, 0.717) is 18.0 Å². The van der Waals surface area contributed by atoms with Crippen molar-refractivity contribution in [1.82, 2.24) is 20.1 Å². The minimum atomic E-state index is 0.496. The number of nitrogens with one attached hydrogen (secondary N) is 1. The number of rotatable bonds is 6. The average molecular weight is 365 g/mol. The molecule has 1 aromatic heterocycles. The molecule has 2 aromatic rings. The van der Waals surface area contributed by atoms with Gasteiger partial charge in [-0.15, -0.1) is 0 Å². The molecular weight excluding hydrogens is 332 g/mol. The molecule has 144 valence electrons. The Balaban J connectivity index is 1.31. The molecular formula is C23H32N4. The maximum Gasteiger partial charge on any atom is 0.0401 e. The summed E-state index contributed by atoms with van der Waals surface area (Å²) in [6.07, 6.45) is 7.77. The summed E-state index contributed by atoms with van der Waals surface area (Å²) < 4.78 is 0. The smallest absolute Gasteiger partial charge is 0.0401 e. The molecule has 2 aliphatic rings. The van der Waals surface area contributed by atoms with Crippen LogP contribution in [0.15, 0.2) is 54.9 Å². The van der Waals surface area contributed by atoms with E-state index in [-0.39, 0.29) is 0 Å². The van der Waals surface area contributed by atoms with Crippen molar-refractivity contribution in [3.8, 4) is 0 Å². The van der Waals surface area contributed by atoms with E-state index in [4.69, 9.17) is 0 Å². The van der Waals surface area contributed by atoms with Crippen LogP contribution in [-0.2, 0) is 6.54 Å². The number of nitrogens with zero attached hydrogens (tertiary/aromatic N) is 3. The van der Waals surface area contributed by atoms with Crippen LogP contribution in [0, 0.1) is 5.92 Å². The molecule has 3 heterocycles. The number of hydrogen-bond donors (Lipinski definition) is 1. The molecule has 4 nitrogen and oxygen atoms in total. The summed E-state index contributed by atoms with van der Waals surface area (Å²) >= 11 is 0. The molecule has 4 rings (SSSR count). The Kier molecular flexibility index (Phi) is 6.17. The molecule has 3 atom stereocenters. The van der Waals surface area contributed by atoms with Gasteiger partial charge >= 0.3 is 0 Å². The van der Waals surface area contributed by atoms with Gasteiger partial charge in [-0.1, -0.05) is 36.4 Å². The molecule has 0 saturated carbocycles. The highest BCUT2D eigenvalue weighted by atomic mass is 15.2. The SMILES string of the molecule is CN1CC[C@@H](CN[C@H]2CCCN(Cc3ccccc3)C2)[C@@H]1c1cccnc1. The lowest BCUT2D eigenvalue weighted by molar-refractivity contribution is 0.176. The first-order chi connectivity index (χ1) is 13.3. The van der Waals surface area contributed by atoms with Crippen LogP contribution in [0.1, 0.15) is 36.4 Å². The molecule has 1 aromatic carbocycles. The molecule has 2 fully saturated rings. The van der Waals surface area contributed by atoms with Gasteiger partial charge in [-0.05, 0) is 62.5 Å². The Morgan fingerprint density at radius 1 is 1.07 bits per heavy atom. The van der Waals surface area contributed by atoms with E-state index in [9.17, 15) is 0 Å². The van der Waals surface area contributed by atoms with E-state index in [1.54, 1.807) is 0 Å². The van der Waals surface area contributed by atoms with Crippen LogP contribution < -0.4 is 5.32 Å². The van der Waals surface area contributed by atoms with Crippen LogP contribution in [0.25, 0.3) is 0 Å². The van der Waals surface area contributed by atoms with Crippen molar-refractivity contribution in [3.63, 3.8) is 0 Å². The molecule has 4 heteroatoms. The number of piperidine rings is 1. The van der Waals surface area contributed by atoms with Gasteiger partial charge in [-0.3, -0.25) is 14.8 Å². The highest BCUT2D eigenvalue weighted by molar-refractivity contribution is 5.17. The molecule has 2 saturated heterocycles. The van der Waals surface area contributed by atoms with Gasteiger partial charge in [0.1, 0.15) is 0 Å². The second kappa shape index (κ2) is 8.96. The Hall–Kier alpha value is -1.75. The Labute approximate surface area is 163 Å². The molecule has 0 aliphatic carbocycles. The van der Waals surface area contributed by atoms with Crippen molar-refractivity contribution in [2.24, 2.45) is 5.92 Å². The van der Waals surface area contributed by atoms with Crippen molar-refractivity contribution in [3.05, 3.63) is 66.0 Å². The highest BCUT2D eigenvalue weighted by Crippen LogP contribution is 2.35. The predicted molar refractivity (Wildman–Crippen MR) is 110 cm³/mol. The van der Waals surface area contributed by atoms with E-state index < -0.39 is 0 Å². The van der Waals surface area contributed by atoms with Crippen LogP contribution in [0.3, 0.4) is 0 Å². The fraction of sp³-hybridized carbons (Fsp3) is 0.522. The molecule has 2 aliphatic heterocycles. The summed E-state index contributed by atoms with van der Waals surface area (Å²) in [4.78, 5) is 9.44. The third kappa shape index (κ3) is 4.75. The largest absolute Gasteiger partial charge is 0.312 e. The molecule has 27 heavy (non-hydrogen) atoms. The van der Waals surface area contributed by atoms with Gasteiger partial charge in [-0.2, -0.15) is 0 Å². The Bertz CT molecular complexity index is 690. The maximum absolute atomic E-state index is 4.34. The first-order valence-electron chi connectivity index (χ1n) is 10.4. The number of aromatic nitrogens is 1. The van der Waals surface area contributed by atoms with Crippen LogP contribution in [0.2, 0.25) is 0 Å². The van der Waals surface area contributed by atoms with E-state index in [1.165, 1.54) is 43.5 Å². The molecule has 0 amide bonds. The third-order valence-corrected chi connectivity index (χ3v) is 6.22. The van der Waals surface area contributed by atoms with Crippen molar-refractivity contribution < 1.29 is 0 Å². The average Bonchev–Trinajstić information content (AvgIpc) is 3.08. The number of likely N-dealkylation sites (tertiary alicyclic amines) is 2. The summed E-state index contributed by atoms with van der Waals surface area (Å²) in [5, 5.41) is 3.91. The normalized spacial score (nSPS) is 27.1. The molecule has 0 radical (unpaired) electrons. The first-order valence-corrected chi connectivity index (χ1v) is 10.4.